The zero-order chi connectivity index (χ0) is 15.7. The van der Waals surface area contributed by atoms with Crippen LogP contribution < -0.4 is 11.4 Å². The van der Waals surface area contributed by atoms with Crippen LogP contribution in [0, 0.1) is 12.7 Å². The Morgan fingerprint density at radius 3 is 2.77 bits per heavy atom. The molecular weight excluding hydrogens is 283 g/mol. The molecule has 0 amide bonds. The lowest BCUT2D eigenvalue weighted by Gasteiger charge is -2.05. The molecule has 22 heavy (non-hydrogen) atoms. The van der Waals surface area contributed by atoms with Gasteiger partial charge >= 0.3 is 5.69 Å². The normalized spacial score (nSPS) is 10.8. The molecule has 1 aromatic heterocycles. The Morgan fingerprint density at radius 2 is 2.05 bits per heavy atom. The molecule has 6 heteroatoms. The maximum atomic E-state index is 13.3. The SMILES string of the molecule is Cc1cc(Cn2cnn(-c3cccc(F)c3)c2=O)ccc1N. The van der Waals surface area contributed by atoms with Gasteiger partial charge in [0.25, 0.3) is 0 Å². The van der Waals surface area contributed by atoms with E-state index in [1.54, 1.807) is 12.1 Å². The Bertz CT molecular complexity index is 882. The van der Waals surface area contributed by atoms with E-state index in [1.807, 2.05) is 25.1 Å². The molecule has 0 spiro atoms. The smallest absolute Gasteiger partial charge is 0.350 e. The molecule has 0 radical (unpaired) electrons. The number of halogens is 1. The summed E-state index contributed by atoms with van der Waals surface area (Å²) in [6, 6.07) is 11.4. The van der Waals surface area contributed by atoms with Crippen LogP contribution in [0.5, 0.6) is 0 Å². The fourth-order valence-corrected chi connectivity index (χ4v) is 2.26. The first kappa shape index (κ1) is 14.1. The standard InChI is InChI=1S/C16H15FN4O/c1-11-7-12(5-6-15(11)18)9-20-10-19-21(16(20)22)14-4-2-3-13(17)8-14/h2-8,10H,9,18H2,1H3. The van der Waals surface area contributed by atoms with Crippen LogP contribution in [0.25, 0.3) is 5.69 Å². The highest BCUT2D eigenvalue weighted by atomic mass is 19.1. The monoisotopic (exact) mass is 298 g/mol. The van der Waals surface area contributed by atoms with Crippen LogP contribution in [0.4, 0.5) is 10.1 Å². The summed E-state index contributed by atoms with van der Waals surface area (Å²) < 4.78 is 15.9. The first-order valence-corrected chi connectivity index (χ1v) is 6.80. The first-order chi connectivity index (χ1) is 10.5. The van der Waals surface area contributed by atoms with Crippen molar-refractivity contribution in [2.45, 2.75) is 13.5 Å². The molecule has 3 aromatic rings. The minimum Gasteiger partial charge on any atom is -0.399 e. The molecule has 5 nitrogen and oxygen atoms in total. The summed E-state index contributed by atoms with van der Waals surface area (Å²) in [6.45, 7) is 2.30. The van der Waals surface area contributed by atoms with Gasteiger partial charge in [-0.05, 0) is 42.3 Å². The van der Waals surface area contributed by atoms with Crippen LogP contribution >= 0.6 is 0 Å². The first-order valence-electron chi connectivity index (χ1n) is 6.80. The largest absolute Gasteiger partial charge is 0.399 e. The second kappa shape index (κ2) is 5.48. The van der Waals surface area contributed by atoms with E-state index in [9.17, 15) is 9.18 Å². The number of aromatic nitrogens is 3. The van der Waals surface area contributed by atoms with E-state index in [1.165, 1.54) is 27.7 Å². The van der Waals surface area contributed by atoms with Gasteiger partial charge in [-0.3, -0.25) is 4.57 Å². The van der Waals surface area contributed by atoms with E-state index in [-0.39, 0.29) is 5.69 Å². The maximum Gasteiger partial charge on any atom is 0.350 e. The summed E-state index contributed by atoms with van der Waals surface area (Å²) in [5.41, 5.74) is 8.49. The molecule has 3 rings (SSSR count). The fourth-order valence-electron chi connectivity index (χ4n) is 2.26. The lowest BCUT2D eigenvalue weighted by molar-refractivity contribution is 0.624. The van der Waals surface area contributed by atoms with Crippen LogP contribution in [-0.2, 0) is 6.54 Å². The van der Waals surface area contributed by atoms with Crippen molar-refractivity contribution in [1.29, 1.82) is 0 Å². The number of rotatable bonds is 3. The van der Waals surface area contributed by atoms with Crippen molar-refractivity contribution in [3.8, 4) is 5.69 Å². The predicted octanol–water partition coefficient (Wildman–Crippen LogP) is 2.11. The van der Waals surface area contributed by atoms with E-state index in [0.29, 0.717) is 17.9 Å². The Labute approximate surface area is 126 Å². The highest BCUT2D eigenvalue weighted by Crippen LogP contribution is 2.13. The van der Waals surface area contributed by atoms with Crippen LogP contribution in [0.2, 0.25) is 0 Å². The molecule has 112 valence electrons. The minimum absolute atomic E-state index is 0.319. The average Bonchev–Trinajstić information content (AvgIpc) is 2.84. The van der Waals surface area contributed by atoms with Crippen molar-refractivity contribution in [3.05, 3.63) is 76.2 Å². The van der Waals surface area contributed by atoms with Crippen molar-refractivity contribution in [1.82, 2.24) is 14.3 Å². The third-order valence-electron chi connectivity index (χ3n) is 3.47. The lowest BCUT2D eigenvalue weighted by atomic mass is 10.1. The second-order valence-electron chi connectivity index (χ2n) is 5.12. The zero-order valence-electron chi connectivity index (χ0n) is 12.0. The van der Waals surface area contributed by atoms with Crippen LogP contribution in [-0.4, -0.2) is 14.3 Å². The Hall–Kier alpha value is -2.89. The van der Waals surface area contributed by atoms with Crippen molar-refractivity contribution in [2.24, 2.45) is 0 Å². The number of nitrogens with two attached hydrogens (primary N) is 1. The lowest BCUT2D eigenvalue weighted by Crippen LogP contribution is -2.24. The maximum absolute atomic E-state index is 13.3. The molecule has 0 aliphatic carbocycles. The molecule has 1 heterocycles. The number of hydrogen-bond acceptors (Lipinski definition) is 3. The molecule has 0 aliphatic rings. The highest BCUT2D eigenvalue weighted by Gasteiger charge is 2.08. The van der Waals surface area contributed by atoms with Gasteiger partial charge in [-0.15, -0.1) is 0 Å². The van der Waals surface area contributed by atoms with E-state index < -0.39 is 5.82 Å². The highest BCUT2D eigenvalue weighted by molar-refractivity contribution is 5.47. The Morgan fingerprint density at radius 1 is 1.23 bits per heavy atom. The zero-order valence-corrected chi connectivity index (χ0v) is 12.0. The van der Waals surface area contributed by atoms with Gasteiger partial charge < -0.3 is 5.73 Å². The number of anilines is 1. The molecule has 0 atom stereocenters. The molecule has 0 aliphatic heterocycles. The van der Waals surface area contributed by atoms with Crippen molar-refractivity contribution >= 4 is 5.69 Å². The van der Waals surface area contributed by atoms with Gasteiger partial charge in [0.15, 0.2) is 0 Å². The molecule has 0 saturated heterocycles. The van der Waals surface area contributed by atoms with Gasteiger partial charge in [-0.25, -0.2) is 9.18 Å². The van der Waals surface area contributed by atoms with Crippen LogP contribution in [0.15, 0.2) is 53.6 Å². The molecule has 2 aromatic carbocycles. The van der Waals surface area contributed by atoms with Crippen molar-refractivity contribution in [3.63, 3.8) is 0 Å². The summed E-state index contributed by atoms with van der Waals surface area (Å²) >= 11 is 0. The van der Waals surface area contributed by atoms with Gasteiger partial charge in [0.2, 0.25) is 0 Å². The summed E-state index contributed by atoms with van der Waals surface area (Å²) in [5, 5.41) is 4.04. The van der Waals surface area contributed by atoms with Crippen molar-refractivity contribution in [2.75, 3.05) is 5.73 Å². The summed E-state index contributed by atoms with van der Waals surface area (Å²) in [6.07, 6.45) is 1.44. The van der Waals surface area contributed by atoms with Gasteiger partial charge in [0, 0.05) is 5.69 Å². The quantitative estimate of drug-likeness (QED) is 0.753. The van der Waals surface area contributed by atoms with Gasteiger partial charge in [-0.2, -0.15) is 9.78 Å². The van der Waals surface area contributed by atoms with Crippen molar-refractivity contribution < 1.29 is 4.39 Å². The number of nitrogens with zero attached hydrogens (tertiary/aromatic N) is 3. The second-order valence-corrected chi connectivity index (χ2v) is 5.12. The number of hydrogen-bond donors (Lipinski definition) is 1. The van der Waals surface area contributed by atoms with Crippen LogP contribution in [0.3, 0.4) is 0 Å². The van der Waals surface area contributed by atoms with E-state index in [4.69, 9.17) is 5.73 Å². The third kappa shape index (κ3) is 2.63. The van der Waals surface area contributed by atoms with E-state index in [0.717, 1.165) is 11.1 Å². The minimum atomic E-state index is -0.409. The topological polar surface area (TPSA) is 65.8 Å². The Balaban J connectivity index is 1.93. The van der Waals surface area contributed by atoms with Crippen LogP contribution in [0.1, 0.15) is 11.1 Å². The Kier molecular flexibility index (Phi) is 3.50. The molecular formula is C16H15FN4O. The van der Waals surface area contributed by atoms with Gasteiger partial charge in [0.1, 0.15) is 12.1 Å². The van der Waals surface area contributed by atoms with E-state index in [2.05, 4.69) is 5.10 Å². The van der Waals surface area contributed by atoms with Gasteiger partial charge in [0.05, 0.1) is 12.2 Å². The number of nitrogen functional groups attached to an aromatic ring is 1. The average molecular weight is 298 g/mol. The molecule has 0 saturated carbocycles. The number of benzene rings is 2. The molecule has 0 fully saturated rings. The number of aryl methyl sites for hydroxylation is 1. The molecule has 2 N–H and O–H groups in total. The third-order valence-corrected chi connectivity index (χ3v) is 3.47. The summed E-state index contributed by atoms with van der Waals surface area (Å²) in [4.78, 5) is 12.4. The molecule has 0 bridgehead atoms. The summed E-state index contributed by atoms with van der Waals surface area (Å²) in [7, 11) is 0. The van der Waals surface area contributed by atoms with E-state index >= 15 is 0 Å². The molecule has 0 unspecified atom stereocenters. The fraction of sp³-hybridized carbons (Fsp3) is 0.125. The predicted molar refractivity (Wildman–Crippen MR) is 82.5 cm³/mol. The van der Waals surface area contributed by atoms with Gasteiger partial charge in [-0.1, -0.05) is 18.2 Å². The summed E-state index contributed by atoms with van der Waals surface area (Å²) in [5.74, 6) is -0.409.